The Labute approximate surface area is 172 Å². The first-order valence-corrected chi connectivity index (χ1v) is 10.4. The summed E-state index contributed by atoms with van der Waals surface area (Å²) in [5.41, 5.74) is 1.30. The van der Waals surface area contributed by atoms with E-state index in [1.807, 2.05) is 42.7 Å². The highest BCUT2D eigenvalue weighted by molar-refractivity contribution is 5.77. The van der Waals surface area contributed by atoms with Gasteiger partial charge >= 0.3 is 0 Å². The van der Waals surface area contributed by atoms with Crippen LogP contribution < -0.4 is 10.1 Å². The van der Waals surface area contributed by atoms with Crippen molar-refractivity contribution in [1.29, 1.82) is 0 Å². The molecule has 2 saturated heterocycles. The maximum absolute atomic E-state index is 12.1. The lowest BCUT2D eigenvalue weighted by Gasteiger charge is -2.39. The second kappa shape index (κ2) is 9.37. The number of hydrogen-bond donors (Lipinski definition) is 1. The Bertz CT molecular complexity index is 776. The van der Waals surface area contributed by atoms with E-state index in [4.69, 9.17) is 9.47 Å². The Hall–Kier alpha value is -2.44. The number of carbonyl (C=O) groups excluding carboxylic acids is 1. The maximum atomic E-state index is 12.1. The van der Waals surface area contributed by atoms with Gasteiger partial charge in [-0.05, 0) is 55.5 Å². The zero-order valence-electron chi connectivity index (χ0n) is 16.8. The van der Waals surface area contributed by atoms with Gasteiger partial charge in [0, 0.05) is 38.6 Å². The molecule has 3 heterocycles. The van der Waals surface area contributed by atoms with E-state index in [0.29, 0.717) is 12.3 Å². The summed E-state index contributed by atoms with van der Waals surface area (Å²) in [6.45, 7) is 3.66. The van der Waals surface area contributed by atoms with Crippen LogP contribution in [0.4, 0.5) is 0 Å². The number of rotatable bonds is 7. The fourth-order valence-electron chi connectivity index (χ4n) is 4.22. The van der Waals surface area contributed by atoms with Crippen molar-refractivity contribution in [3.05, 3.63) is 60.4 Å². The quantitative estimate of drug-likeness (QED) is 0.781. The van der Waals surface area contributed by atoms with Gasteiger partial charge in [-0.15, -0.1) is 0 Å². The molecular formula is C23H29N3O3. The number of pyridine rings is 1. The Balaban J connectivity index is 1.16. The minimum atomic E-state index is -0.106. The van der Waals surface area contributed by atoms with Crippen molar-refractivity contribution in [2.45, 2.75) is 43.9 Å². The van der Waals surface area contributed by atoms with E-state index in [1.54, 1.807) is 0 Å². The summed E-state index contributed by atoms with van der Waals surface area (Å²) in [5, 5.41) is 2.95. The molecular weight excluding hydrogens is 366 g/mol. The van der Waals surface area contributed by atoms with Crippen LogP contribution in [0.3, 0.4) is 0 Å². The summed E-state index contributed by atoms with van der Waals surface area (Å²) in [7, 11) is 0. The number of nitrogens with zero attached hydrogens (tertiary/aromatic N) is 2. The summed E-state index contributed by atoms with van der Waals surface area (Å²) < 4.78 is 11.9. The highest BCUT2D eigenvalue weighted by atomic mass is 16.5. The molecule has 2 aliphatic rings. The zero-order chi connectivity index (χ0) is 19.9. The monoisotopic (exact) mass is 395 g/mol. The van der Waals surface area contributed by atoms with Gasteiger partial charge in [-0.25, -0.2) is 0 Å². The van der Waals surface area contributed by atoms with Crippen molar-refractivity contribution >= 4 is 5.91 Å². The average molecular weight is 396 g/mol. The van der Waals surface area contributed by atoms with E-state index < -0.39 is 0 Å². The van der Waals surface area contributed by atoms with E-state index in [0.717, 1.165) is 45.3 Å². The fraction of sp³-hybridized carbons (Fsp3) is 0.478. The van der Waals surface area contributed by atoms with Gasteiger partial charge in [0.25, 0.3) is 5.91 Å². The van der Waals surface area contributed by atoms with Crippen molar-refractivity contribution in [3.63, 3.8) is 0 Å². The molecule has 1 amide bonds. The molecule has 2 aliphatic heterocycles. The second-order valence-corrected chi connectivity index (χ2v) is 8.00. The Morgan fingerprint density at radius 1 is 1.14 bits per heavy atom. The van der Waals surface area contributed by atoms with E-state index in [-0.39, 0.29) is 24.2 Å². The number of piperidine rings is 1. The molecule has 1 unspecified atom stereocenters. The molecule has 0 bridgehead atoms. The van der Waals surface area contributed by atoms with Crippen LogP contribution in [0.25, 0.3) is 0 Å². The smallest absolute Gasteiger partial charge is 0.258 e. The van der Waals surface area contributed by atoms with Crippen LogP contribution in [-0.4, -0.2) is 53.7 Å². The van der Waals surface area contributed by atoms with Crippen LogP contribution in [0.2, 0.25) is 0 Å². The van der Waals surface area contributed by atoms with Crippen molar-refractivity contribution in [3.8, 4) is 5.75 Å². The number of aromatic nitrogens is 1. The van der Waals surface area contributed by atoms with Crippen molar-refractivity contribution in [1.82, 2.24) is 15.2 Å². The second-order valence-electron chi connectivity index (χ2n) is 8.00. The van der Waals surface area contributed by atoms with Gasteiger partial charge in [0.05, 0.1) is 11.7 Å². The predicted molar refractivity (Wildman–Crippen MR) is 111 cm³/mol. The van der Waals surface area contributed by atoms with Crippen LogP contribution >= 0.6 is 0 Å². The van der Waals surface area contributed by atoms with Crippen molar-refractivity contribution in [2.75, 3.05) is 26.2 Å². The third-order valence-electron chi connectivity index (χ3n) is 5.90. The normalized spacial score (nSPS) is 21.2. The summed E-state index contributed by atoms with van der Waals surface area (Å²) in [6, 6.07) is 13.6. The molecule has 4 rings (SSSR count). The summed E-state index contributed by atoms with van der Waals surface area (Å²) >= 11 is 0. The summed E-state index contributed by atoms with van der Waals surface area (Å²) in [5.74, 6) is 0.600. The molecule has 6 heteroatoms. The average Bonchev–Trinajstić information content (AvgIpc) is 3.17. The molecule has 29 heavy (non-hydrogen) atoms. The van der Waals surface area contributed by atoms with Crippen molar-refractivity contribution < 1.29 is 14.3 Å². The first-order valence-electron chi connectivity index (χ1n) is 10.4. The highest BCUT2D eigenvalue weighted by Crippen LogP contribution is 2.38. The van der Waals surface area contributed by atoms with Crippen LogP contribution in [0.15, 0.2) is 54.9 Å². The number of hydrogen-bond acceptors (Lipinski definition) is 5. The SMILES string of the molecule is O=C(COc1ccccc1)NCC1CCC2(CCN(Cc3ccncc3)CC2)O1. The highest BCUT2D eigenvalue weighted by Gasteiger charge is 2.42. The van der Waals surface area contributed by atoms with Crippen LogP contribution in [0.1, 0.15) is 31.2 Å². The van der Waals surface area contributed by atoms with E-state index in [9.17, 15) is 4.79 Å². The van der Waals surface area contributed by atoms with E-state index in [2.05, 4.69) is 27.3 Å². The van der Waals surface area contributed by atoms with Crippen molar-refractivity contribution in [2.24, 2.45) is 0 Å². The number of benzene rings is 1. The van der Waals surface area contributed by atoms with Crippen LogP contribution in [0.5, 0.6) is 5.75 Å². The lowest BCUT2D eigenvalue weighted by molar-refractivity contribution is -0.124. The Morgan fingerprint density at radius 3 is 2.66 bits per heavy atom. The molecule has 6 nitrogen and oxygen atoms in total. The first-order chi connectivity index (χ1) is 14.2. The van der Waals surface area contributed by atoms with Gasteiger partial charge in [0.2, 0.25) is 0 Å². The molecule has 2 fully saturated rings. The number of ether oxygens (including phenoxy) is 2. The van der Waals surface area contributed by atoms with Gasteiger partial charge < -0.3 is 14.8 Å². The first kappa shape index (κ1) is 19.9. The number of nitrogens with one attached hydrogen (secondary N) is 1. The van der Waals surface area contributed by atoms with Gasteiger partial charge in [-0.3, -0.25) is 14.7 Å². The molecule has 1 aromatic heterocycles. The molecule has 0 aliphatic carbocycles. The zero-order valence-corrected chi connectivity index (χ0v) is 16.8. The number of likely N-dealkylation sites (tertiary alicyclic amines) is 1. The third-order valence-corrected chi connectivity index (χ3v) is 5.90. The standard InChI is InChI=1S/C23H29N3O3/c27-22(18-28-20-4-2-1-3-5-20)25-16-21-6-9-23(29-21)10-14-26(15-11-23)17-19-7-12-24-13-8-19/h1-5,7-8,12-13,21H,6,9-11,14-18H2,(H,25,27). The van der Waals surface area contributed by atoms with E-state index >= 15 is 0 Å². The molecule has 0 saturated carbocycles. The molecule has 0 radical (unpaired) electrons. The minimum Gasteiger partial charge on any atom is -0.484 e. The maximum Gasteiger partial charge on any atom is 0.258 e. The van der Waals surface area contributed by atoms with Gasteiger partial charge in [-0.1, -0.05) is 18.2 Å². The number of carbonyl (C=O) groups is 1. The lowest BCUT2D eigenvalue weighted by Crippen LogP contribution is -2.45. The third kappa shape index (κ3) is 5.55. The molecule has 1 aromatic carbocycles. The molecule has 154 valence electrons. The lowest BCUT2D eigenvalue weighted by atomic mass is 9.88. The predicted octanol–water partition coefficient (Wildman–Crippen LogP) is 2.79. The van der Waals surface area contributed by atoms with Gasteiger partial charge in [-0.2, -0.15) is 0 Å². The molecule has 1 spiro atoms. The molecule has 1 N–H and O–H groups in total. The minimum absolute atomic E-state index is 0.00925. The van der Waals surface area contributed by atoms with Gasteiger partial charge in [0.1, 0.15) is 5.75 Å². The number of para-hydroxylation sites is 1. The Kier molecular flexibility index (Phi) is 6.42. The van der Waals surface area contributed by atoms with Crippen LogP contribution in [-0.2, 0) is 16.1 Å². The summed E-state index contributed by atoms with van der Waals surface area (Å²) in [6.07, 6.45) is 8.00. The van der Waals surface area contributed by atoms with Crippen LogP contribution in [0, 0.1) is 0 Å². The van der Waals surface area contributed by atoms with E-state index in [1.165, 1.54) is 5.56 Å². The molecule has 2 aromatic rings. The topological polar surface area (TPSA) is 63.7 Å². The Morgan fingerprint density at radius 2 is 1.90 bits per heavy atom. The van der Waals surface area contributed by atoms with Gasteiger partial charge in [0.15, 0.2) is 6.61 Å². The fourth-order valence-corrected chi connectivity index (χ4v) is 4.22. The molecule has 1 atom stereocenters. The largest absolute Gasteiger partial charge is 0.484 e. The summed E-state index contributed by atoms with van der Waals surface area (Å²) in [4.78, 5) is 18.6. The number of amides is 1.